The monoisotopic (exact) mass is 468 g/mol. The molecule has 0 aliphatic heterocycles. The summed E-state index contributed by atoms with van der Waals surface area (Å²) in [7, 11) is 0. The SMILES string of the molecule is O=C(c1c(Cl)cc2ccccc2c1C[N+](=O)[O-])c1c(Cl)cc2ccccc2c1C[N+](=O)[O-]. The third kappa shape index (κ3) is 3.88. The molecule has 7 nitrogen and oxygen atoms in total. The van der Waals surface area contributed by atoms with Crippen LogP contribution in [0.5, 0.6) is 0 Å². The molecule has 0 saturated carbocycles. The molecule has 160 valence electrons. The Labute approximate surface area is 191 Å². The minimum absolute atomic E-state index is 0.0156. The van der Waals surface area contributed by atoms with Crippen LogP contribution in [0.15, 0.2) is 60.7 Å². The molecule has 0 radical (unpaired) electrons. The van der Waals surface area contributed by atoms with Crippen molar-refractivity contribution in [2.24, 2.45) is 0 Å². The van der Waals surface area contributed by atoms with Gasteiger partial charge in [-0.15, -0.1) is 0 Å². The van der Waals surface area contributed by atoms with Crippen molar-refractivity contribution in [3.8, 4) is 0 Å². The number of rotatable bonds is 6. The van der Waals surface area contributed by atoms with Crippen molar-refractivity contribution < 1.29 is 14.6 Å². The molecule has 4 aromatic rings. The predicted octanol–water partition coefficient (Wildman–Crippen LogP) is 6.08. The van der Waals surface area contributed by atoms with Crippen molar-refractivity contribution in [2.45, 2.75) is 13.1 Å². The van der Waals surface area contributed by atoms with Crippen LogP contribution in [0, 0.1) is 20.2 Å². The number of ketones is 1. The van der Waals surface area contributed by atoms with Crippen LogP contribution in [0.3, 0.4) is 0 Å². The minimum atomic E-state index is -0.690. The maximum atomic E-state index is 13.8. The molecule has 0 unspecified atom stereocenters. The fourth-order valence-electron chi connectivity index (χ4n) is 3.97. The van der Waals surface area contributed by atoms with Crippen LogP contribution in [0.1, 0.15) is 27.0 Å². The molecule has 32 heavy (non-hydrogen) atoms. The molecule has 0 amide bonds. The van der Waals surface area contributed by atoms with Gasteiger partial charge < -0.3 is 0 Å². The summed E-state index contributed by atoms with van der Waals surface area (Å²) in [6.07, 6.45) is 0. The third-order valence-electron chi connectivity index (χ3n) is 5.25. The summed E-state index contributed by atoms with van der Waals surface area (Å²) in [5.41, 5.74) is 0.117. The number of carbonyl (C=O) groups excluding carboxylic acids is 1. The molecule has 0 spiro atoms. The van der Waals surface area contributed by atoms with Crippen LogP contribution < -0.4 is 0 Å². The van der Waals surface area contributed by atoms with Gasteiger partial charge in [-0.3, -0.25) is 25.0 Å². The van der Waals surface area contributed by atoms with E-state index in [-0.39, 0.29) is 32.3 Å². The highest BCUT2D eigenvalue weighted by atomic mass is 35.5. The molecule has 0 aromatic heterocycles. The number of nitrogens with zero attached hydrogens (tertiary/aromatic N) is 2. The molecule has 0 bridgehead atoms. The highest BCUT2D eigenvalue weighted by Gasteiger charge is 2.29. The summed E-state index contributed by atoms with van der Waals surface area (Å²) in [6, 6.07) is 16.8. The molecule has 0 aliphatic rings. The highest BCUT2D eigenvalue weighted by Crippen LogP contribution is 2.36. The summed E-state index contributed by atoms with van der Waals surface area (Å²) >= 11 is 12.9. The molecular formula is C23H14Cl2N2O5. The normalized spacial score (nSPS) is 11.1. The van der Waals surface area contributed by atoms with Crippen molar-refractivity contribution in [2.75, 3.05) is 0 Å². The lowest BCUT2D eigenvalue weighted by Crippen LogP contribution is -2.15. The maximum Gasteiger partial charge on any atom is 0.230 e. The lowest BCUT2D eigenvalue weighted by Gasteiger charge is -2.16. The van der Waals surface area contributed by atoms with Gasteiger partial charge in [0.1, 0.15) is 0 Å². The molecule has 0 N–H and O–H groups in total. The van der Waals surface area contributed by atoms with E-state index in [1.165, 1.54) is 0 Å². The number of nitro groups is 2. The van der Waals surface area contributed by atoms with E-state index in [4.69, 9.17) is 23.2 Å². The zero-order valence-electron chi connectivity index (χ0n) is 16.4. The van der Waals surface area contributed by atoms with E-state index >= 15 is 0 Å². The van der Waals surface area contributed by atoms with Gasteiger partial charge in [0.05, 0.1) is 21.2 Å². The Hall–Kier alpha value is -3.55. The number of hydrogen-bond acceptors (Lipinski definition) is 5. The number of fused-ring (bicyclic) bond motifs is 2. The first kappa shape index (κ1) is 21.7. The standard InChI is InChI=1S/C23H14Cl2N2O5/c24-19-9-13-5-1-3-7-15(13)17(11-26(29)30)21(19)23(28)22-18(12-27(31)32)16-8-4-2-6-14(16)10-20(22)25/h1-10H,11-12H2. The summed E-state index contributed by atoms with van der Waals surface area (Å²) in [5.74, 6) is -0.690. The predicted molar refractivity (Wildman–Crippen MR) is 123 cm³/mol. The van der Waals surface area contributed by atoms with Crippen molar-refractivity contribution >= 4 is 50.5 Å². The van der Waals surface area contributed by atoms with Gasteiger partial charge in [0.15, 0.2) is 5.78 Å². The Morgan fingerprint density at radius 3 is 1.47 bits per heavy atom. The van der Waals surface area contributed by atoms with Crippen LogP contribution >= 0.6 is 23.2 Å². The van der Waals surface area contributed by atoms with E-state index in [1.54, 1.807) is 60.7 Å². The lowest BCUT2D eigenvalue weighted by atomic mass is 9.89. The summed E-state index contributed by atoms with van der Waals surface area (Å²) in [5, 5.41) is 25.2. The van der Waals surface area contributed by atoms with Crippen molar-refractivity contribution in [3.63, 3.8) is 0 Å². The van der Waals surface area contributed by atoms with Crippen LogP contribution in [0.2, 0.25) is 10.0 Å². The van der Waals surface area contributed by atoms with Crippen molar-refractivity contribution in [1.82, 2.24) is 0 Å². The summed E-state index contributed by atoms with van der Waals surface area (Å²) < 4.78 is 0. The Balaban J connectivity index is 2.05. The van der Waals surface area contributed by atoms with Crippen LogP contribution in [0.25, 0.3) is 21.5 Å². The lowest BCUT2D eigenvalue weighted by molar-refractivity contribution is -0.496. The van der Waals surface area contributed by atoms with E-state index in [0.717, 1.165) is 0 Å². The first-order chi connectivity index (χ1) is 15.3. The third-order valence-corrected chi connectivity index (χ3v) is 5.84. The van der Waals surface area contributed by atoms with Crippen molar-refractivity contribution in [3.05, 3.63) is 113 Å². The van der Waals surface area contributed by atoms with Gasteiger partial charge in [0.2, 0.25) is 13.1 Å². The van der Waals surface area contributed by atoms with Gasteiger partial charge in [-0.25, -0.2) is 0 Å². The van der Waals surface area contributed by atoms with E-state index in [0.29, 0.717) is 21.5 Å². The number of halogens is 2. The average Bonchev–Trinajstić information content (AvgIpc) is 2.72. The molecule has 4 aromatic carbocycles. The molecule has 0 saturated heterocycles. The minimum Gasteiger partial charge on any atom is -0.288 e. The molecule has 0 atom stereocenters. The van der Waals surface area contributed by atoms with E-state index in [9.17, 15) is 25.0 Å². The molecule has 0 fully saturated rings. The Morgan fingerprint density at radius 2 is 1.09 bits per heavy atom. The van der Waals surface area contributed by atoms with Gasteiger partial charge in [-0.2, -0.15) is 0 Å². The molecule has 9 heteroatoms. The highest BCUT2D eigenvalue weighted by molar-refractivity contribution is 6.40. The summed E-state index contributed by atoms with van der Waals surface area (Å²) in [4.78, 5) is 35.5. The van der Waals surface area contributed by atoms with Gasteiger partial charge in [-0.1, -0.05) is 71.7 Å². The second-order valence-electron chi connectivity index (χ2n) is 7.18. The Bertz CT molecular complexity index is 1330. The average molecular weight is 469 g/mol. The molecular weight excluding hydrogens is 455 g/mol. The van der Waals surface area contributed by atoms with Crippen LogP contribution in [-0.2, 0) is 13.1 Å². The second kappa shape index (κ2) is 8.53. The number of carbonyl (C=O) groups is 1. The Kier molecular flexibility index (Phi) is 5.78. The van der Waals surface area contributed by atoms with E-state index in [2.05, 4.69) is 0 Å². The zero-order chi connectivity index (χ0) is 23.0. The molecule has 4 rings (SSSR count). The first-order valence-corrected chi connectivity index (χ1v) is 10.2. The van der Waals surface area contributed by atoms with E-state index < -0.39 is 28.7 Å². The second-order valence-corrected chi connectivity index (χ2v) is 7.99. The smallest absolute Gasteiger partial charge is 0.230 e. The van der Waals surface area contributed by atoms with Crippen LogP contribution in [-0.4, -0.2) is 15.6 Å². The van der Waals surface area contributed by atoms with Gasteiger partial charge in [-0.05, 0) is 33.7 Å². The maximum absolute atomic E-state index is 13.8. The molecule has 0 heterocycles. The quantitative estimate of drug-likeness (QED) is 0.193. The fourth-order valence-corrected chi connectivity index (χ4v) is 4.61. The summed E-state index contributed by atoms with van der Waals surface area (Å²) in [6.45, 7) is -1.28. The number of benzene rings is 4. The number of hydrogen-bond donors (Lipinski definition) is 0. The van der Waals surface area contributed by atoms with Gasteiger partial charge in [0, 0.05) is 21.0 Å². The molecule has 0 aliphatic carbocycles. The Morgan fingerprint density at radius 1 is 0.719 bits per heavy atom. The van der Waals surface area contributed by atoms with Gasteiger partial charge >= 0.3 is 0 Å². The van der Waals surface area contributed by atoms with E-state index in [1.807, 2.05) is 0 Å². The first-order valence-electron chi connectivity index (χ1n) is 9.46. The fraction of sp³-hybridized carbons (Fsp3) is 0.0870. The van der Waals surface area contributed by atoms with Gasteiger partial charge in [0.25, 0.3) is 0 Å². The topological polar surface area (TPSA) is 103 Å². The van der Waals surface area contributed by atoms with Crippen molar-refractivity contribution in [1.29, 1.82) is 0 Å². The zero-order valence-corrected chi connectivity index (χ0v) is 17.9. The van der Waals surface area contributed by atoms with Crippen LogP contribution in [0.4, 0.5) is 0 Å². The largest absolute Gasteiger partial charge is 0.288 e.